The zero-order valence-electron chi connectivity index (χ0n) is 12.7. The van der Waals surface area contributed by atoms with Crippen LogP contribution in [0, 0.1) is 11.6 Å². The number of hydrogen-bond donors (Lipinski definition) is 2. The molecule has 0 spiro atoms. The predicted molar refractivity (Wildman–Crippen MR) is 90.6 cm³/mol. The van der Waals surface area contributed by atoms with Crippen LogP contribution in [0.15, 0.2) is 54.7 Å². The molecule has 0 bridgehead atoms. The molecule has 3 aromatic rings. The minimum absolute atomic E-state index is 0.0398. The third-order valence-electron chi connectivity index (χ3n) is 3.56. The summed E-state index contributed by atoms with van der Waals surface area (Å²) < 4.78 is 27.2. The van der Waals surface area contributed by atoms with Crippen molar-refractivity contribution in [3.63, 3.8) is 0 Å². The predicted octanol–water partition coefficient (Wildman–Crippen LogP) is 3.91. The van der Waals surface area contributed by atoms with Crippen molar-refractivity contribution >= 4 is 11.3 Å². The molecule has 1 aromatic heterocycles. The fraction of sp³-hybridized carbons (Fsp3) is 0.167. The van der Waals surface area contributed by atoms with Gasteiger partial charge in [-0.1, -0.05) is 36.4 Å². The summed E-state index contributed by atoms with van der Waals surface area (Å²) in [5.74, 6) is -1.49. The first-order chi connectivity index (χ1) is 11.6. The Bertz CT molecular complexity index is 788. The number of aliphatic hydroxyl groups excluding tert-OH is 1. The van der Waals surface area contributed by atoms with E-state index >= 15 is 0 Å². The quantitative estimate of drug-likeness (QED) is 0.711. The van der Waals surface area contributed by atoms with Gasteiger partial charge in [0.2, 0.25) is 0 Å². The number of nitrogens with one attached hydrogen (secondary N) is 1. The maximum atomic E-state index is 13.6. The summed E-state index contributed by atoms with van der Waals surface area (Å²) in [7, 11) is 0. The number of aromatic nitrogens is 1. The summed E-state index contributed by atoms with van der Waals surface area (Å²) in [5, 5.41) is 13.8. The average molecular weight is 346 g/mol. The standard InChI is InChI=1S/C18H16F2N2OS/c19-13-7-4-8-14(20)18(13)15(23)9-21-11-17-22-10-16(24-17)12-5-2-1-3-6-12/h1-8,10,15,21,23H,9,11H2. The number of aliphatic hydroxyl groups is 1. The van der Waals surface area contributed by atoms with Crippen molar-refractivity contribution in [2.75, 3.05) is 6.54 Å². The molecule has 3 nitrogen and oxygen atoms in total. The molecule has 0 saturated heterocycles. The van der Waals surface area contributed by atoms with Crippen LogP contribution >= 0.6 is 11.3 Å². The number of rotatable bonds is 6. The van der Waals surface area contributed by atoms with Crippen molar-refractivity contribution in [3.8, 4) is 10.4 Å². The van der Waals surface area contributed by atoms with E-state index in [0.29, 0.717) is 6.54 Å². The lowest BCUT2D eigenvalue weighted by Gasteiger charge is -2.13. The van der Waals surface area contributed by atoms with Crippen molar-refractivity contribution in [2.45, 2.75) is 12.6 Å². The number of nitrogens with zero attached hydrogens (tertiary/aromatic N) is 1. The summed E-state index contributed by atoms with van der Waals surface area (Å²) >= 11 is 1.54. The third kappa shape index (κ3) is 3.84. The lowest BCUT2D eigenvalue weighted by molar-refractivity contribution is 0.164. The Morgan fingerprint density at radius 3 is 2.46 bits per heavy atom. The molecule has 6 heteroatoms. The van der Waals surface area contributed by atoms with Gasteiger partial charge in [-0.15, -0.1) is 11.3 Å². The number of thiazole rings is 1. The van der Waals surface area contributed by atoms with Gasteiger partial charge in [0.05, 0.1) is 16.5 Å². The van der Waals surface area contributed by atoms with Crippen LogP contribution < -0.4 is 5.32 Å². The first kappa shape index (κ1) is 16.7. The van der Waals surface area contributed by atoms with Gasteiger partial charge in [0, 0.05) is 19.3 Å². The lowest BCUT2D eigenvalue weighted by Crippen LogP contribution is -2.22. The van der Waals surface area contributed by atoms with E-state index in [1.807, 2.05) is 30.3 Å². The third-order valence-corrected chi connectivity index (χ3v) is 4.61. The summed E-state index contributed by atoms with van der Waals surface area (Å²) in [6, 6.07) is 13.4. The molecule has 2 N–H and O–H groups in total. The number of hydrogen-bond acceptors (Lipinski definition) is 4. The maximum absolute atomic E-state index is 13.6. The van der Waals surface area contributed by atoms with Crippen LogP contribution in [0.25, 0.3) is 10.4 Å². The highest BCUT2D eigenvalue weighted by Gasteiger charge is 2.17. The molecule has 0 aliphatic carbocycles. The molecular formula is C18H16F2N2OS. The van der Waals surface area contributed by atoms with Crippen LogP contribution in [-0.4, -0.2) is 16.6 Å². The van der Waals surface area contributed by atoms with Gasteiger partial charge in [0.15, 0.2) is 0 Å². The van der Waals surface area contributed by atoms with Gasteiger partial charge in [-0.3, -0.25) is 0 Å². The van der Waals surface area contributed by atoms with Gasteiger partial charge >= 0.3 is 0 Å². The molecule has 1 heterocycles. The number of halogens is 2. The van der Waals surface area contributed by atoms with Gasteiger partial charge in [-0.2, -0.15) is 0 Å². The van der Waals surface area contributed by atoms with Gasteiger partial charge in [-0.05, 0) is 17.7 Å². The smallest absolute Gasteiger partial charge is 0.131 e. The monoisotopic (exact) mass is 346 g/mol. The zero-order valence-corrected chi connectivity index (χ0v) is 13.6. The minimum atomic E-state index is -1.25. The first-order valence-electron chi connectivity index (χ1n) is 7.48. The molecule has 0 radical (unpaired) electrons. The molecular weight excluding hydrogens is 330 g/mol. The molecule has 1 atom stereocenters. The van der Waals surface area contributed by atoms with E-state index in [2.05, 4.69) is 10.3 Å². The normalized spacial score (nSPS) is 12.3. The first-order valence-corrected chi connectivity index (χ1v) is 8.29. The average Bonchev–Trinajstić information content (AvgIpc) is 3.04. The zero-order chi connectivity index (χ0) is 16.9. The number of benzene rings is 2. The molecule has 24 heavy (non-hydrogen) atoms. The summed E-state index contributed by atoms with van der Waals surface area (Å²) in [5.41, 5.74) is 0.781. The van der Waals surface area contributed by atoms with Crippen LogP contribution in [0.2, 0.25) is 0 Å². The molecule has 0 amide bonds. The van der Waals surface area contributed by atoms with E-state index in [1.54, 1.807) is 6.20 Å². The fourth-order valence-electron chi connectivity index (χ4n) is 2.37. The highest BCUT2D eigenvalue weighted by molar-refractivity contribution is 7.15. The van der Waals surface area contributed by atoms with Crippen LogP contribution in [-0.2, 0) is 6.54 Å². The minimum Gasteiger partial charge on any atom is -0.387 e. The molecule has 0 aliphatic heterocycles. The molecule has 0 saturated carbocycles. The van der Waals surface area contributed by atoms with Crippen LogP contribution in [0.4, 0.5) is 8.78 Å². The lowest BCUT2D eigenvalue weighted by atomic mass is 10.1. The molecule has 0 fully saturated rings. The van der Waals surface area contributed by atoms with Crippen LogP contribution in [0.1, 0.15) is 16.7 Å². The Balaban J connectivity index is 1.58. The van der Waals surface area contributed by atoms with Crippen LogP contribution in [0.3, 0.4) is 0 Å². The van der Waals surface area contributed by atoms with E-state index in [4.69, 9.17) is 0 Å². The van der Waals surface area contributed by atoms with E-state index in [-0.39, 0.29) is 12.1 Å². The molecule has 124 valence electrons. The molecule has 3 rings (SSSR count). The molecule has 1 unspecified atom stereocenters. The highest BCUT2D eigenvalue weighted by Crippen LogP contribution is 2.26. The van der Waals surface area contributed by atoms with Gasteiger partial charge < -0.3 is 10.4 Å². The Kier molecular flexibility index (Phi) is 5.30. The van der Waals surface area contributed by atoms with Gasteiger partial charge in [0.25, 0.3) is 0 Å². The fourth-order valence-corrected chi connectivity index (χ4v) is 3.27. The SMILES string of the molecule is OC(CNCc1ncc(-c2ccccc2)s1)c1c(F)cccc1F. The Labute approximate surface area is 142 Å². The largest absolute Gasteiger partial charge is 0.387 e. The van der Waals surface area contributed by atoms with Crippen molar-refractivity contribution in [2.24, 2.45) is 0 Å². The van der Waals surface area contributed by atoms with Crippen LogP contribution in [0.5, 0.6) is 0 Å². The molecule has 0 aliphatic rings. The van der Waals surface area contributed by atoms with E-state index in [0.717, 1.165) is 27.6 Å². The van der Waals surface area contributed by atoms with Crippen molar-refractivity contribution in [3.05, 3.63) is 76.9 Å². The Hall–Kier alpha value is -2.15. The van der Waals surface area contributed by atoms with Crippen molar-refractivity contribution in [1.29, 1.82) is 0 Å². The topological polar surface area (TPSA) is 45.1 Å². The maximum Gasteiger partial charge on any atom is 0.131 e. The van der Waals surface area contributed by atoms with E-state index in [1.165, 1.54) is 17.4 Å². The van der Waals surface area contributed by atoms with Gasteiger partial charge in [0.1, 0.15) is 16.6 Å². The molecule has 2 aromatic carbocycles. The summed E-state index contributed by atoms with van der Waals surface area (Å²) in [4.78, 5) is 5.37. The summed E-state index contributed by atoms with van der Waals surface area (Å²) in [6.07, 6.45) is 0.545. The van der Waals surface area contributed by atoms with Crippen molar-refractivity contribution < 1.29 is 13.9 Å². The highest BCUT2D eigenvalue weighted by atomic mass is 32.1. The Morgan fingerprint density at radius 1 is 1.04 bits per heavy atom. The van der Waals surface area contributed by atoms with Gasteiger partial charge in [-0.25, -0.2) is 13.8 Å². The second-order valence-corrected chi connectivity index (χ2v) is 6.38. The van der Waals surface area contributed by atoms with E-state index in [9.17, 15) is 13.9 Å². The Morgan fingerprint density at radius 2 is 1.75 bits per heavy atom. The summed E-state index contributed by atoms with van der Waals surface area (Å²) in [6.45, 7) is 0.461. The van der Waals surface area contributed by atoms with E-state index < -0.39 is 17.7 Å². The second kappa shape index (κ2) is 7.61. The van der Waals surface area contributed by atoms with Crippen molar-refractivity contribution in [1.82, 2.24) is 10.3 Å². The second-order valence-electron chi connectivity index (χ2n) is 5.27.